The number of carbonyl (C=O) groups excluding carboxylic acids is 7. The van der Waals surface area contributed by atoms with E-state index in [1.807, 2.05) is 0 Å². The van der Waals surface area contributed by atoms with E-state index in [4.69, 9.17) is 47.4 Å². The van der Waals surface area contributed by atoms with Crippen molar-refractivity contribution in [1.29, 1.82) is 0 Å². The first-order valence-corrected chi connectivity index (χ1v) is 31.0. The Labute approximate surface area is 522 Å². The van der Waals surface area contributed by atoms with Crippen molar-refractivity contribution in [2.24, 2.45) is 28.6 Å². The van der Waals surface area contributed by atoms with Gasteiger partial charge in [0.05, 0.1) is 45.6 Å². The number of carbonyl (C=O) groups is 7. The van der Waals surface area contributed by atoms with Gasteiger partial charge in [0, 0.05) is 11.8 Å². The summed E-state index contributed by atoms with van der Waals surface area (Å²) in [5.41, 5.74) is 1.57. The van der Waals surface area contributed by atoms with Gasteiger partial charge in [-0.2, -0.15) is 0 Å². The molecule has 0 N–H and O–H groups in total. The number of esters is 6. The smallest absolute Gasteiger partial charge is 0.338 e. The number of hydrogen-bond acceptors (Lipinski definition) is 17. The second-order valence-electron chi connectivity index (χ2n) is 24.7. The predicted octanol–water partition coefficient (Wildman–Crippen LogP) is 11.7. The van der Waals surface area contributed by atoms with Gasteiger partial charge >= 0.3 is 35.8 Å². The van der Waals surface area contributed by atoms with Crippen LogP contribution in [0.1, 0.15) is 134 Å². The minimum Gasteiger partial charge on any atom is -0.459 e. The molecule has 4 aliphatic carbocycles. The third-order valence-corrected chi connectivity index (χ3v) is 19.4. The van der Waals surface area contributed by atoms with Crippen molar-refractivity contribution in [2.45, 2.75) is 140 Å². The summed E-state index contributed by atoms with van der Waals surface area (Å²) < 4.78 is 66.0. The number of Topliss-reactive ketones (excluding diaryl/α,β-unsaturated/α-hetero) is 1. The molecule has 17 nitrogen and oxygen atoms in total. The highest BCUT2D eigenvalue weighted by atomic mass is 16.8. The molecule has 2 aliphatic heterocycles. The van der Waals surface area contributed by atoms with Gasteiger partial charge in [-0.15, -0.1) is 0 Å². The number of allylic oxidation sites excluding steroid dienone is 1. The summed E-state index contributed by atoms with van der Waals surface area (Å²) in [6.07, 6.45) is -7.99. The van der Waals surface area contributed by atoms with Crippen molar-refractivity contribution in [3.63, 3.8) is 0 Å². The average Bonchev–Trinajstić information content (AvgIpc) is 1.31. The van der Waals surface area contributed by atoms with Crippen LogP contribution in [0.25, 0.3) is 0 Å². The quantitative estimate of drug-likeness (QED) is 0.0472. The van der Waals surface area contributed by atoms with Crippen LogP contribution in [0.4, 0.5) is 0 Å². The Morgan fingerprint density at radius 2 is 0.833 bits per heavy atom. The van der Waals surface area contributed by atoms with Crippen LogP contribution in [0.5, 0.6) is 0 Å². The Morgan fingerprint density at radius 3 is 1.30 bits per heavy atom. The van der Waals surface area contributed by atoms with Gasteiger partial charge < -0.3 is 47.4 Å². The zero-order valence-electron chi connectivity index (χ0n) is 50.3. The molecule has 3 saturated carbocycles. The number of ether oxygens (including phenoxy) is 10. The van der Waals surface area contributed by atoms with Crippen LogP contribution in [0.2, 0.25) is 0 Å². The number of rotatable bonds is 17. The molecule has 6 aromatic rings. The lowest BCUT2D eigenvalue weighted by atomic mass is 9.48. The van der Waals surface area contributed by atoms with Gasteiger partial charge in [0.15, 0.2) is 43.1 Å². The summed E-state index contributed by atoms with van der Waals surface area (Å²) >= 11 is 0. The molecule has 16 atom stereocenters. The molecule has 0 unspecified atom stereocenters. The highest BCUT2D eigenvalue weighted by Crippen LogP contribution is 2.64. The summed E-state index contributed by atoms with van der Waals surface area (Å²) in [7, 11) is 0. The van der Waals surface area contributed by atoms with Gasteiger partial charge in [-0.3, -0.25) is 4.79 Å². The molecule has 6 aromatic carbocycles. The van der Waals surface area contributed by atoms with Crippen LogP contribution in [0.15, 0.2) is 194 Å². The van der Waals surface area contributed by atoms with Gasteiger partial charge in [-0.25, -0.2) is 28.8 Å². The summed E-state index contributed by atoms with van der Waals surface area (Å²) in [6.45, 7) is 5.52. The molecule has 90 heavy (non-hydrogen) atoms. The third-order valence-electron chi connectivity index (χ3n) is 19.4. The van der Waals surface area contributed by atoms with E-state index in [1.54, 1.807) is 153 Å². The molecule has 0 aromatic heterocycles. The molecule has 0 spiro atoms. The average molecular weight is 1220 g/mol. The molecule has 6 aliphatic rings. The minimum atomic E-state index is -1.90. The standard InChI is InChI=1S/C73H72O17/c1-44-58(90-71-63(89-69(80)50-32-20-9-21-33-50)61(87-67(78)48-28-16-7-17-29-48)59(85-65(76)46-24-12-5-13-25-46)56(84-71)43-81-64(75)45-22-10-4-11-23-45)60(86-66(77)47-26-14-6-15-27-47)62(88-68(79)49-30-18-8-19-31-49)70(82-44)83-52-38-40-72(2)51(42-52)34-35-53-54-36-37-57(74)73(54,3)41-39-55(53)72/h4-34,44,52-56,58-63,70-71H,35-43H2,1-3H3/t44-,52-,53-,54-,55-,56+,58-,59+,60+,61-,62+,63+,70-,71-,72-,73-/m0/s1. The van der Waals surface area contributed by atoms with Gasteiger partial charge in [0.2, 0.25) is 0 Å². The lowest BCUT2D eigenvalue weighted by Crippen LogP contribution is -2.67. The number of hydrogen-bond donors (Lipinski definition) is 0. The molecular formula is C73H72O17. The molecule has 0 bridgehead atoms. The van der Waals surface area contributed by atoms with E-state index in [9.17, 15) is 33.6 Å². The Bertz CT molecular complexity index is 3570. The van der Waals surface area contributed by atoms with E-state index >= 15 is 0 Å². The van der Waals surface area contributed by atoms with E-state index in [1.165, 1.54) is 42.0 Å². The first-order valence-electron chi connectivity index (χ1n) is 31.0. The second-order valence-corrected chi connectivity index (χ2v) is 24.7. The van der Waals surface area contributed by atoms with E-state index < -0.39 is 110 Å². The second kappa shape index (κ2) is 26.8. The fraction of sp³-hybridized carbons (Fsp3) is 0.384. The zero-order chi connectivity index (χ0) is 62.5. The van der Waals surface area contributed by atoms with Crippen LogP contribution >= 0.6 is 0 Å². The minimum absolute atomic E-state index is 0.0666. The largest absolute Gasteiger partial charge is 0.459 e. The number of benzene rings is 6. The number of ketones is 1. The maximum Gasteiger partial charge on any atom is 0.338 e. The van der Waals surface area contributed by atoms with Crippen LogP contribution in [0, 0.1) is 28.6 Å². The third kappa shape index (κ3) is 12.9. The van der Waals surface area contributed by atoms with Crippen molar-refractivity contribution in [3.8, 4) is 0 Å². The van der Waals surface area contributed by atoms with Gasteiger partial charge in [-0.05, 0) is 148 Å². The number of fused-ring (bicyclic) bond motifs is 5. The van der Waals surface area contributed by atoms with Crippen molar-refractivity contribution in [2.75, 3.05) is 6.61 Å². The Morgan fingerprint density at radius 1 is 0.444 bits per heavy atom. The monoisotopic (exact) mass is 1220 g/mol. The molecule has 2 heterocycles. The molecule has 0 radical (unpaired) electrons. The van der Waals surface area contributed by atoms with E-state index in [0.717, 1.165) is 32.1 Å². The first-order chi connectivity index (χ1) is 43.6. The molecule has 5 fully saturated rings. The maximum atomic E-state index is 14.7. The molecule has 466 valence electrons. The summed E-state index contributed by atoms with van der Waals surface area (Å²) in [6, 6.07) is 48.5. The fourth-order valence-electron chi connectivity index (χ4n) is 14.6. The van der Waals surface area contributed by atoms with Crippen LogP contribution in [0.3, 0.4) is 0 Å². The van der Waals surface area contributed by atoms with Crippen LogP contribution in [-0.2, 0) is 52.2 Å². The van der Waals surface area contributed by atoms with Crippen molar-refractivity contribution in [1.82, 2.24) is 0 Å². The van der Waals surface area contributed by atoms with Crippen molar-refractivity contribution in [3.05, 3.63) is 227 Å². The normalized spacial score (nSPS) is 31.0. The highest BCUT2D eigenvalue weighted by molar-refractivity contribution is 5.93. The van der Waals surface area contributed by atoms with Gasteiger partial charge in [0.1, 0.15) is 24.6 Å². The maximum absolute atomic E-state index is 14.7. The predicted molar refractivity (Wildman–Crippen MR) is 324 cm³/mol. The van der Waals surface area contributed by atoms with Crippen molar-refractivity contribution < 1.29 is 80.9 Å². The zero-order valence-corrected chi connectivity index (χ0v) is 50.3. The highest BCUT2D eigenvalue weighted by Gasteiger charge is 2.61. The molecular weight excluding hydrogens is 1150 g/mol. The molecule has 12 rings (SSSR count). The van der Waals surface area contributed by atoms with Gasteiger partial charge in [0.25, 0.3) is 0 Å². The Kier molecular flexibility index (Phi) is 18.4. The lowest BCUT2D eigenvalue weighted by molar-refractivity contribution is -0.356. The van der Waals surface area contributed by atoms with Crippen LogP contribution in [-0.4, -0.2) is 116 Å². The van der Waals surface area contributed by atoms with Crippen LogP contribution < -0.4 is 0 Å². The van der Waals surface area contributed by atoms with E-state index in [0.29, 0.717) is 42.8 Å². The van der Waals surface area contributed by atoms with E-state index in [-0.39, 0.29) is 44.2 Å². The topological polar surface area (TPSA) is 212 Å². The summed E-state index contributed by atoms with van der Waals surface area (Å²) in [4.78, 5) is 100. The fourth-order valence-corrected chi connectivity index (χ4v) is 14.6. The molecule has 0 amide bonds. The van der Waals surface area contributed by atoms with Crippen molar-refractivity contribution >= 4 is 41.6 Å². The first kappa shape index (κ1) is 61.6. The van der Waals surface area contributed by atoms with Gasteiger partial charge in [-0.1, -0.05) is 135 Å². The molecule has 17 heteroatoms. The lowest BCUT2D eigenvalue weighted by Gasteiger charge is -2.57. The Balaban J connectivity index is 0.932. The summed E-state index contributed by atoms with van der Waals surface area (Å²) in [5.74, 6) is -3.67. The summed E-state index contributed by atoms with van der Waals surface area (Å²) in [5, 5.41) is 0. The Hall–Kier alpha value is -8.61. The molecule has 2 saturated heterocycles. The SMILES string of the molecule is C[C@@H]1O[C@@H](O[C@H]2CC[C@@]3(C)C(=CC[C@@H]4[C@@H]3CC[C@]3(C)C(=O)CC[C@@H]43)C2)[C@H](OC(=O)c2ccccc2)[C@H](OC(=O)c2ccccc2)[C@H]1O[C@@H]1O[C@H](COC(=O)c2ccccc2)[C@@H](OC(=O)c2ccccc2)[C@H](OC(=O)c2ccccc2)[C@H]1OC(=O)c1ccccc1. The van der Waals surface area contributed by atoms with E-state index in [2.05, 4.69) is 19.9 Å².